The Morgan fingerprint density at radius 3 is 3.40 bits per heavy atom. The standard InChI is InChI=1S/C6H6IN3/c7-5-2-9-6-4(5)1-8-3-10-6/h1,3,5H,2H2,(H,8,9,10). The molecule has 1 aliphatic rings. The van der Waals surface area contributed by atoms with Gasteiger partial charge in [-0.2, -0.15) is 0 Å². The van der Waals surface area contributed by atoms with Crippen LogP contribution in [0.15, 0.2) is 12.5 Å². The van der Waals surface area contributed by atoms with Crippen molar-refractivity contribution in [1.82, 2.24) is 9.97 Å². The van der Waals surface area contributed by atoms with E-state index in [1.807, 2.05) is 6.20 Å². The summed E-state index contributed by atoms with van der Waals surface area (Å²) in [5, 5.41) is 3.19. The average Bonchev–Trinajstić information content (AvgIpc) is 2.34. The molecule has 0 bridgehead atoms. The maximum atomic E-state index is 4.08. The largest absolute Gasteiger partial charge is 0.368 e. The van der Waals surface area contributed by atoms with Crippen LogP contribution in [0.1, 0.15) is 9.49 Å². The highest BCUT2D eigenvalue weighted by Gasteiger charge is 2.19. The first-order chi connectivity index (χ1) is 4.88. The van der Waals surface area contributed by atoms with E-state index in [2.05, 4.69) is 37.9 Å². The fourth-order valence-electron chi connectivity index (χ4n) is 1.01. The van der Waals surface area contributed by atoms with E-state index in [1.165, 1.54) is 5.56 Å². The molecule has 3 nitrogen and oxygen atoms in total. The fraction of sp³-hybridized carbons (Fsp3) is 0.333. The lowest BCUT2D eigenvalue weighted by molar-refractivity contribution is 1.09. The zero-order valence-electron chi connectivity index (χ0n) is 5.21. The summed E-state index contributed by atoms with van der Waals surface area (Å²) >= 11 is 2.38. The molecule has 0 saturated heterocycles. The summed E-state index contributed by atoms with van der Waals surface area (Å²) in [6.07, 6.45) is 3.44. The first-order valence-corrected chi connectivity index (χ1v) is 4.30. The second kappa shape index (κ2) is 2.34. The van der Waals surface area contributed by atoms with Crippen LogP contribution in [0, 0.1) is 0 Å². The Kier molecular flexibility index (Phi) is 1.48. The van der Waals surface area contributed by atoms with E-state index in [9.17, 15) is 0 Å². The zero-order chi connectivity index (χ0) is 6.97. The Morgan fingerprint density at radius 2 is 2.60 bits per heavy atom. The molecule has 0 radical (unpaired) electrons. The van der Waals surface area contributed by atoms with Gasteiger partial charge in [-0.15, -0.1) is 0 Å². The highest BCUT2D eigenvalue weighted by molar-refractivity contribution is 14.1. The lowest BCUT2D eigenvalue weighted by Gasteiger charge is -1.95. The van der Waals surface area contributed by atoms with E-state index < -0.39 is 0 Å². The number of hydrogen-bond acceptors (Lipinski definition) is 3. The van der Waals surface area contributed by atoms with Gasteiger partial charge < -0.3 is 5.32 Å². The van der Waals surface area contributed by atoms with Crippen molar-refractivity contribution in [2.24, 2.45) is 0 Å². The van der Waals surface area contributed by atoms with Gasteiger partial charge in [0.1, 0.15) is 12.1 Å². The molecule has 0 amide bonds. The van der Waals surface area contributed by atoms with Crippen LogP contribution in [-0.4, -0.2) is 16.5 Å². The smallest absolute Gasteiger partial charge is 0.133 e. The van der Waals surface area contributed by atoms with Crippen molar-refractivity contribution in [3.05, 3.63) is 18.1 Å². The molecule has 2 heterocycles. The lowest BCUT2D eigenvalue weighted by atomic mass is 10.3. The lowest BCUT2D eigenvalue weighted by Crippen LogP contribution is -1.94. The minimum absolute atomic E-state index is 0.536. The topological polar surface area (TPSA) is 37.8 Å². The molecule has 0 aliphatic carbocycles. The van der Waals surface area contributed by atoms with Gasteiger partial charge in [-0.3, -0.25) is 0 Å². The van der Waals surface area contributed by atoms with Gasteiger partial charge in [-0.1, -0.05) is 22.6 Å². The van der Waals surface area contributed by atoms with Crippen LogP contribution in [0.25, 0.3) is 0 Å². The molecule has 1 unspecified atom stereocenters. The molecule has 1 aromatic rings. The number of anilines is 1. The summed E-state index contributed by atoms with van der Waals surface area (Å²) in [5.74, 6) is 0.995. The van der Waals surface area contributed by atoms with Crippen LogP contribution in [0.4, 0.5) is 5.82 Å². The quantitative estimate of drug-likeness (QED) is 0.556. The predicted octanol–water partition coefficient (Wildman–Crippen LogP) is 1.38. The molecule has 0 saturated carbocycles. The Hall–Kier alpha value is -0.390. The molecule has 1 atom stereocenters. The molecule has 0 spiro atoms. The van der Waals surface area contributed by atoms with Gasteiger partial charge in [-0.05, 0) is 0 Å². The number of nitrogens with one attached hydrogen (secondary N) is 1. The number of alkyl halides is 1. The van der Waals surface area contributed by atoms with Crippen molar-refractivity contribution in [2.45, 2.75) is 3.92 Å². The second-order valence-corrected chi connectivity index (χ2v) is 3.68. The number of nitrogens with zero attached hydrogens (tertiary/aromatic N) is 2. The molecule has 10 heavy (non-hydrogen) atoms. The summed E-state index contributed by atoms with van der Waals surface area (Å²) in [7, 11) is 0. The monoisotopic (exact) mass is 247 g/mol. The highest BCUT2D eigenvalue weighted by Crippen LogP contribution is 2.32. The van der Waals surface area contributed by atoms with E-state index in [4.69, 9.17) is 0 Å². The summed E-state index contributed by atoms with van der Waals surface area (Å²) in [4.78, 5) is 8.03. The fourth-order valence-corrected chi connectivity index (χ4v) is 1.69. The maximum Gasteiger partial charge on any atom is 0.133 e. The first kappa shape index (κ1) is 6.33. The molecule has 1 N–H and O–H groups in total. The van der Waals surface area contributed by atoms with E-state index in [-0.39, 0.29) is 0 Å². The highest BCUT2D eigenvalue weighted by atomic mass is 127. The maximum absolute atomic E-state index is 4.08. The third-order valence-electron chi connectivity index (χ3n) is 1.53. The van der Waals surface area contributed by atoms with Crippen molar-refractivity contribution in [1.29, 1.82) is 0 Å². The van der Waals surface area contributed by atoms with Gasteiger partial charge in [-0.25, -0.2) is 9.97 Å². The van der Waals surface area contributed by atoms with E-state index in [0.717, 1.165) is 12.4 Å². The molecule has 52 valence electrons. The van der Waals surface area contributed by atoms with Crippen molar-refractivity contribution in [2.75, 3.05) is 11.9 Å². The van der Waals surface area contributed by atoms with Crippen LogP contribution in [-0.2, 0) is 0 Å². The second-order valence-electron chi connectivity index (χ2n) is 2.18. The summed E-state index contributed by atoms with van der Waals surface area (Å²) in [5.41, 5.74) is 1.23. The van der Waals surface area contributed by atoms with Gasteiger partial charge in [0, 0.05) is 18.3 Å². The van der Waals surface area contributed by atoms with Gasteiger partial charge in [0.25, 0.3) is 0 Å². The third kappa shape index (κ3) is 0.865. The minimum atomic E-state index is 0.536. The number of fused-ring (bicyclic) bond motifs is 1. The normalized spacial score (nSPS) is 21.9. The Balaban J connectivity index is 2.51. The molecule has 4 heteroatoms. The summed E-state index contributed by atoms with van der Waals surface area (Å²) in [6, 6.07) is 0. The van der Waals surface area contributed by atoms with Gasteiger partial charge in [0.15, 0.2) is 0 Å². The zero-order valence-corrected chi connectivity index (χ0v) is 7.37. The Labute approximate surface area is 72.4 Å². The minimum Gasteiger partial charge on any atom is -0.368 e. The molecular weight excluding hydrogens is 241 g/mol. The number of aromatic nitrogens is 2. The van der Waals surface area contributed by atoms with Crippen molar-refractivity contribution >= 4 is 28.4 Å². The van der Waals surface area contributed by atoms with E-state index in [1.54, 1.807) is 6.33 Å². The van der Waals surface area contributed by atoms with E-state index in [0.29, 0.717) is 3.92 Å². The number of rotatable bonds is 0. The van der Waals surface area contributed by atoms with Crippen LogP contribution < -0.4 is 5.32 Å². The van der Waals surface area contributed by atoms with Crippen molar-refractivity contribution in [3.8, 4) is 0 Å². The number of halogens is 1. The Morgan fingerprint density at radius 1 is 1.70 bits per heavy atom. The molecule has 1 aliphatic heterocycles. The molecule has 2 rings (SSSR count). The average molecular weight is 247 g/mol. The van der Waals surface area contributed by atoms with Gasteiger partial charge >= 0.3 is 0 Å². The van der Waals surface area contributed by atoms with E-state index >= 15 is 0 Å². The molecule has 0 aromatic carbocycles. The third-order valence-corrected chi connectivity index (χ3v) is 2.64. The molecule has 1 aromatic heterocycles. The molecular formula is C6H6IN3. The Bertz CT molecular complexity index is 251. The van der Waals surface area contributed by atoms with Crippen molar-refractivity contribution in [3.63, 3.8) is 0 Å². The van der Waals surface area contributed by atoms with Crippen LogP contribution in [0.3, 0.4) is 0 Å². The van der Waals surface area contributed by atoms with Crippen LogP contribution >= 0.6 is 22.6 Å². The predicted molar refractivity (Wildman–Crippen MR) is 47.3 cm³/mol. The van der Waals surface area contributed by atoms with Crippen LogP contribution in [0.5, 0.6) is 0 Å². The molecule has 0 fully saturated rings. The SMILES string of the molecule is IC1CNc2ncncc21. The van der Waals surface area contributed by atoms with Crippen molar-refractivity contribution < 1.29 is 0 Å². The van der Waals surface area contributed by atoms with Gasteiger partial charge in [0.2, 0.25) is 0 Å². The summed E-state index contributed by atoms with van der Waals surface area (Å²) < 4.78 is 0.536. The van der Waals surface area contributed by atoms with Gasteiger partial charge in [0.05, 0.1) is 3.92 Å². The summed E-state index contributed by atoms with van der Waals surface area (Å²) in [6.45, 7) is 0.981. The first-order valence-electron chi connectivity index (χ1n) is 3.06. The van der Waals surface area contributed by atoms with Crippen LogP contribution in [0.2, 0.25) is 0 Å². The number of hydrogen-bond donors (Lipinski definition) is 1.